The molecule has 1 aromatic carbocycles. The predicted molar refractivity (Wildman–Crippen MR) is 69.9 cm³/mol. The van der Waals surface area contributed by atoms with Crippen molar-refractivity contribution in [1.29, 1.82) is 0 Å². The summed E-state index contributed by atoms with van der Waals surface area (Å²) >= 11 is 9.00. The van der Waals surface area contributed by atoms with Gasteiger partial charge in [0.1, 0.15) is 0 Å². The van der Waals surface area contributed by atoms with Crippen molar-refractivity contribution in [3.8, 4) is 0 Å². The first kappa shape index (κ1) is 13.3. The fourth-order valence-electron chi connectivity index (χ4n) is 1.31. The molecule has 1 N–H and O–H groups in total. The molecule has 0 bridgehead atoms. The van der Waals surface area contributed by atoms with Gasteiger partial charge in [0, 0.05) is 16.4 Å². The standard InChI is InChI=1S/C12H12BrClO2/c13-11-5-3-9(2-1-7-14)8-10(11)4-6-12(15)16/h3-6,8H,1-2,7H2,(H,15,16)/b6-4+. The fourth-order valence-corrected chi connectivity index (χ4v) is 1.82. The summed E-state index contributed by atoms with van der Waals surface area (Å²) in [5.41, 5.74) is 2.03. The molecule has 0 unspecified atom stereocenters. The second-order valence-corrected chi connectivity index (χ2v) is 4.55. The average molecular weight is 304 g/mol. The van der Waals surface area contributed by atoms with E-state index in [1.54, 1.807) is 6.08 Å². The lowest BCUT2D eigenvalue weighted by atomic mass is 10.1. The molecule has 0 radical (unpaired) electrons. The molecule has 1 aromatic rings. The van der Waals surface area contributed by atoms with Crippen LogP contribution >= 0.6 is 27.5 Å². The van der Waals surface area contributed by atoms with Crippen LogP contribution in [0.4, 0.5) is 0 Å². The van der Waals surface area contributed by atoms with Crippen LogP contribution < -0.4 is 0 Å². The molecule has 0 aliphatic rings. The molecule has 0 heterocycles. The molecule has 0 saturated heterocycles. The van der Waals surface area contributed by atoms with Crippen molar-refractivity contribution in [2.45, 2.75) is 12.8 Å². The molecule has 0 fully saturated rings. The van der Waals surface area contributed by atoms with Crippen LogP contribution in [0.3, 0.4) is 0 Å². The normalized spacial score (nSPS) is 10.9. The zero-order chi connectivity index (χ0) is 12.0. The molecule has 0 saturated carbocycles. The van der Waals surface area contributed by atoms with E-state index in [1.165, 1.54) is 0 Å². The Kier molecular flexibility index (Phi) is 5.56. The number of aliphatic carboxylic acids is 1. The molecular weight excluding hydrogens is 291 g/mol. The number of carboxylic acids is 1. The van der Waals surface area contributed by atoms with E-state index in [4.69, 9.17) is 16.7 Å². The van der Waals surface area contributed by atoms with E-state index in [-0.39, 0.29) is 0 Å². The molecular formula is C12H12BrClO2. The van der Waals surface area contributed by atoms with Gasteiger partial charge < -0.3 is 5.11 Å². The predicted octanol–water partition coefficient (Wildman–Crippen LogP) is 3.72. The van der Waals surface area contributed by atoms with Gasteiger partial charge in [-0.05, 0) is 36.1 Å². The lowest BCUT2D eigenvalue weighted by Crippen LogP contribution is -1.89. The Balaban J connectivity index is 2.85. The second-order valence-electron chi connectivity index (χ2n) is 3.32. The summed E-state index contributed by atoms with van der Waals surface area (Å²) < 4.78 is 0.889. The van der Waals surface area contributed by atoms with Crippen LogP contribution in [0.2, 0.25) is 0 Å². The number of carboxylic acid groups (broad SMARTS) is 1. The maximum atomic E-state index is 10.4. The third-order valence-corrected chi connectivity index (χ3v) is 3.05. The van der Waals surface area contributed by atoms with Gasteiger partial charge in [-0.25, -0.2) is 4.79 Å². The molecule has 0 amide bonds. The van der Waals surface area contributed by atoms with Crippen LogP contribution in [0.5, 0.6) is 0 Å². The fraction of sp³-hybridized carbons (Fsp3) is 0.250. The second kappa shape index (κ2) is 6.71. The molecule has 86 valence electrons. The molecule has 0 aliphatic carbocycles. The molecule has 16 heavy (non-hydrogen) atoms. The highest BCUT2D eigenvalue weighted by Gasteiger charge is 1.99. The monoisotopic (exact) mass is 302 g/mol. The lowest BCUT2D eigenvalue weighted by Gasteiger charge is -2.03. The summed E-state index contributed by atoms with van der Waals surface area (Å²) in [4.78, 5) is 10.4. The number of hydrogen-bond acceptors (Lipinski definition) is 1. The van der Waals surface area contributed by atoms with Crippen LogP contribution in [0.15, 0.2) is 28.7 Å². The van der Waals surface area contributed by atoms with Crippen LogP contribution in [0, 0.1) is 0 Å². The highest BCUT2D eigenvalue weighted by molar-refractivity contribution is 9.10. The van der Waals surface area contributed by atoms with Gasteiger partial charge in [0.2, 0.25) is 0 Å². The first-order valence-electron chi connectivity index (χ1n) is 4.89. The quantitative estimate of drug-likeness (QED) is 0.665. The van der Waals surface area contributed by atoms with Crippen molar-refractivity contribution in [3.05, 3.63) is 39.9 Å². The number of hydrogen-bond donors (Lipinski definition) is 1. The van der Waals surface area contributed by atoms with Crippen LogP contribution in [0.25, 0.3) is 6.08 Å². The number of rotatable bonds is 5. The zero-order valence-corrected chi connectivity index (χ0v) is 11.0. The summed E-state index contributed by atoms with van der Waals surface area (Å²) in [5.74, 6) is -0.311. The number of alkyl halides is 1. The van der Waals surface area contributed by atoms with Gasteiger partial charge in [-0.1, -0.05) is 28.1 Å². The number of aryl methyl sites for hydroxylation is 1. The van der Waals surface area contributed by atoms with E-state index in [2.05, 4.69) is 15.9 Å². The van der Waals surface area contributed by atoms with E-state index in [9.17, 15) is 4.79 Å². The van der Waals surface area contributed by atoms with Gasteiger partial charge in [-0.3, -0.25) is 0 Å². The highest BCUT2D eigenvalue weighted by atomic mass is 79.9. The Bertz CT molecular complexity index is 402. The van der Waals surface area contributed by atoms with Gasteiger partial charge >= 0.3 is 5.97 Å². The SMILES string of the molecule is O=C(O)/C=C/c1cc(CCCCl)ccc1Br. The first-order chi connectivity index (χ1) is 7.63. The maximum absolute atomic E-state index is 10.4. The largest absolute Gasteiger partial charge is 0.478 e. The van der Waals surface area contributed by atoms with Crippen molar-refractivity contribution in [1.82, 2.24) is 0 Å². The van der Waals surface area contributed by atoms with Crippen molar-refractivity contribution in [2.24, 2.45) is 0 Å². The zero-order valence-electron chi connectivity index (χ0n) is 8.62. The van der Waals surface area contributed by atoms with E-state index in [0.29, 0.717) is 5.88 Å². The third kappa shape index (κ3) is 4.37. The number of halogens is 2. The topological polar surface area (TPSA) is 37.3 Å². The number of benzene rings is 1. The van der Waals surface area contributed by atoms with Crippen LogP contribution in [0.1, 0.15) is 17.5 Å². The summed E-state index contributed by atoms with van der Waals surface area (Å²) in [7, 11) is 0. The average Bonchev–Trinajstić information content (AvgIpc) is 2.26. The summed E-state index contributed by atoms with van der Waals surface area (Å²) in [5, 5.41) is 8.56. The minimum Gasteiger partial charge on any atom is -0.478 e. The highest BCUT2D eigenvalue weighted by Crippen LogP contribution is 2.20. The molecule has 0 spiro atoms. The van der Waals surface area contributed by atoms with Gasteiger partial charge in [0.05, 0.1) is 0 Å². The summed E-state index contributed by atoms with van der Waals surface area (Å²) in [6.45, 7) is 0. The van der Waals surface area contributed by atoms with E-state index < -0.39 is 5.97 Å². The summed E-state index contributed by atoms with van der Waals surface area (Å²) in [6.07, 6.45) is 4.54. The van der Waals surface area contributed by atoms with E-state index >= 15 is 0 Å². The minimum absolute atomic E-state index is 0.635. The molecule has 1 rings (SSSR count). The van der Waals surface area contributed by atoms with E-state index in [0.717, 1.165) is 34.5 Å². The maximum Gasteiger partial charge on any atom is 0.328 e. The summed E-state index contributed by atoms with van der Waals surface area (Å²) in [6, 6.07) is 5.90. The molecule has 0 atom stereocenters. The van der Waals surface area contributed by atoms with Crippen LogP contribution in [-0.4, -0.2) is 17.0 Å². The van der Waals surface area contributed by atoms with Crippen molar-refractivity contribution in [2.75, 3.05) is 5.88 Å². The smallest absolute Gasteiger partial charge is 0.328 e. The van der Waals surface area contributed by atoms with Gasteiger partial charge in [-0.2, -0.15) is 0 Å². The van der Waals surface area contributed by atoms with Crippen LogP contribution in [-0.2, 0) is 11.2 Å². The lowest BCUT2D eigenvalue weighted by molar-refractivity contribution is -0.131. The molecule has 4 heteroatoms. The van der Waals surface area contributed by atoms with Gasteiger partial charge in [-0.15, -0.1) is 11.6 Å². The Labute approximate surface area is 108 Å². The minimum atomic E-state index is -0.946. The van der Waals surface area contributed by atoms with Gasteiger partial charge in [0.25, 0.3) is 0 Å². The van der Waals surface area contributed by atoms with Crippen molar-refractivity contribution >= 4 is 39.6 Å². The third-order valence-electron chi connectivity index (χ3n) is 2.06. The first-order valence-corrected chi connectivity index (χ1v) is 6.21. The Hall–Kier alpha value is -0.800. The Morgan fingerprint density at radius 2 is 2.25 bits per heavy atom. The van der Waals surface area contributed by atoms with Gasteiger partial charge in [0.15, 0.2) is 0 Å². The molecule has 0 aromatic heterocycles. The van der Waals surface area contributed by atoms with Crippen molar-refractivity contribution in [3.63, 3.8) is 0 Å². The Morgan fingerprint density at radius 3 is 2.88 bits per heavy atom. The van der Waals surface area contributed by atoms with E-state index in [1.807, 2.05) is 18.2 Å². The number of carbonyl (C=O) groups is 1. The molecule has 0 aliphatic heterocycles. The molecule has 2 nitrogen and oxygen atoms in total. The Morgan fingerprint density at radius 1 is 1.50 bits per heavy atom. The van der Waals surface area contributed by atoms with Crippen molar-refractivity contribution < 1.29 is 9.90 Å².